The predicted molar refractivity (Wildman–Crippen MR) is 129 cm³/mol. The monoisotopic (exact) mass is 465 g/mol. The molecule has 180 valence electrons. The number of aromatic amines is 1. The van der Waals surface area contributed by atoms with E-state index in [-0.39, 0.29) is 32.7 Å². The number of ether oxygens (including phenoxy) is 3. The molecule has 0 saturated carbocycles. The van der Waals surface area contributed by atoms with E-state index in [1.54, 1.807) is 26.1 Å². The molecule has 0 saturated heterocycles. The van der Waals surface area contributed by atoms with Gasteiger partial charge in [-0.2, -0.15) is 0 Å². The number of H-pyrrole nitrogens is 1. The van der Waals surface area contributed by atoms with Gasteiger partial charge in [-0.3, -0.25) is 9.59 Å². The Kier molecular flexibility index (Phi) is 8.87. The van der Waals surface area contributed by atoms with Crippen LogP contribution in [-0.4, -0.2) is 41.8 Å². The van der Waals surface area contributed by atoms with E-state index in [1.165, 1.54) is 6.08 Å². The van der Waals surface area contributed by atoms with Crippen molar-refractivity contribution in [1.82, 2.24) is 4.98 Å². The molecule has 34 heavy (non-hydrogen) atoms. The minimum Gasteiger partial charge on any atom is -0.489 e. The summed E-state index contributed by atoms with van der Waals surface area (Å²) in [5.41, 5.74) is 1.10. The zero-order chi connectivity index (χ0) is 24.4. The zero-order valence-corrected chi connectivity index (χ0v) is 19.6. The summed E-state index contributed by atoms with van der Waals surface area (Å²) in [4.78, 5) is 29.4. The fraction of sp³-hybridized carbons (Fsp3) is 0.333. The third-order valence-corrected chi connectivity index (χ3v) is 5.55. The normalized spacial score (nSPS) is 11.6. The van der Waals surface area contributed by atoms with Gasteiger partial charge < -0.3 is 24.3 Å². The maximum absolute atomic E-state index is 13.1. The number of carbonyl (C=O) groups is 2. The number of fused-ring (bicyclic) bond motifs is 1. The Balaban J connectivity index is 1.95. The first-order valence-corrected chi connectivity index (χ1v) is 11.4. The highest BCUT2D eigenvalue weighted by molar-refractivity contribution is 6.01. The van der Waals surface area contributed by atoms with Crippen molar-refractivity contribution in [3.05, 3.63) is 78.0 Å². The average Bonchev–Trinajstić information content (AvgIpc) is 3.24. The summed E-state index contributed by atoms with van der Waals surface area (Å²) in [5, 5.41) is 10.0. The van der Waals surface area contributed by atoms with Crippen molar-refractivity contribution in [2.75, 3.05) is 19.8 Å². The smallest absolute Gasteiger partial charge is 0.324 e. The van der Waals surface area contributed by atoms with Gasteiger partial charge in [0.25, 0.3) is 0 Å². The van der Waals surface area contributed by atoms with Crippen molar-refractivity contribution >= 4 is 22.8 Å². The van der Waals surface area contributed by atoms with Crippen LogP contribution in [0.15, 0.2) is 66.9 Å². The lowest BCUT2D eigenvalue weighted by Crippen LogP contribution is -2.43. The summed E-state index contributed by atoms with van der Waals surface area (Å²) in [6, 6.07) is 15.5. The van der Waals surface area contributed by atoms with Gasteiger partial charge in [0.2, 0.25) is 0 Å². The molecule has 0 fully saturated rings. The van der Waals surface area contributed by atoms with Crippen LogP contribution >= 0.6 is 0 Å². The van der Waals surface area contributed by atoms with E-state index in [4.69, 9.17) is 14.2 Å². The Bertz CT molecular complexity index is 1100. The topological polar surface area (TPSA) is 97.9 Å². The van der Waals surface area contributed by atoms with Crippen molar-refractivity contribution < 1.29 is 28.9 Å². The number of allylic oxidation sites excluding steroid dienone is 1. The van der Waals surface area contributed by atoms with Gasteiger partial charge in [-0.1, -0.05) is 42.5 Å². The molecule has 2 aromatic carbocycles. The number of aliphatic hydroxyl groups is 1. The molecule has 0 aliphatic carbocycles. The Hall–Kier alpha value is -3.58. The molecule has 3 rings (SSSR count). The van der Waals surface area contributed by atoms with E-state index in [0.717, 1.165) is 22.0 Å². The minimum absolute atomic E-state index is 0.0437. The number of rotatable bonds is 12. The average molecular weight is 466 g/mol. The molecule has 0 aliphatic rings. The number of hydrogen-bond acceptors (Lipinski definition) is 6. The zero-order valence-electron chi connectivity index (χ0n) is 19.6. The SMILES string of the molecule is CCOC(=O)C(C/C=C\CO)(Cc1c[nH]c2ccc(OCc3ccccc3)cc12)C(=O)OCC. The van der Waals surface area contributed by atoms with E-state index in [0.29, 0.717) is 12.4 Å². The Labute approximate surface area is 199 Å². The minimum atomic E-state index is -1.58. The molecule has 1 aromatic heterocycles. The van der Waals surface area contributed by atoms with Crippen LogP contribution in [0, 0.1) is 5.41 Å². The molecule has 0 bridgehead atoms. The van der Waals surface area contributed by atoms with Gasteiger partial charge in [-0.05, 0) is 49.6 Å². The molecule has 0 aliphatic heterocycles. The number of aliphatic hydroxyl groups excluding tert-OH is 1. The number of nitrogens with one attached hydrogen (secondary N) is 1. The van der Waals surface area contributed by atoms with Crippen LogP contribution in [0.4, 0.5) is 0 Å². The molecule has 0 unspecified atom stereocenters. The highest BCUT2D eigenvalue weighted by Crippen LogP contribution is 2.35. The molecule has 3 aromatic rings. The van der Waals surface area contributed by atoms with Gasteiger partial charge in [0.1, 0.15) is 12.4 Å². The number of hydrogen-bond donors (Lipinski definition) is 2. The first kappa shape index (κ1) is 25.1. The van der Waals surface area contributed by atoms with Crippen LogP contribution in [0.5, 0.6) is 5.75 Å². The van der Waals surface area contributed by atoms with Crippen molar-refractivity contribution in [1.29, 1.82) is 0 Å². The second-order valence-corrected chi connectivity index (χ2v) is 7.85. The molecule has 0 spiro atoms. The van der Waals surface area contributed by atoms with Crippen LogP contribution < -0.4 is 4.74 Å². The number of benzene rings is 2. The largest absolute Gasteiger partial charge is 0.489 e. The van der Waals surface area contributed by atoms with Crippen LogP contribution in [0.2, 0.25) is 0 Å². The predicted octanol–water partition coefficient (Wildman–Crippen LogP) is 4.34. The highest BCUT2D eigenvalue weighted by Gasteiger charge is 2.48. The summed E-state index contributed by atoms with van der Waals surface area (Å²) >= 11 is 0. The van der Waals surface area contributed by atoms with Crippen molar-refractivity contribution in [2.24, 2.45) is 5.41 Å². The third kappa shape index (κ3) is 5.85. The van der Waals surface area contributed by atoms with Gasteiger partial charge in [0, 0.05) is 23.5 Å². The molecule has 2 N–H and O–H groups in total. The lowest BCUT2D eigenvalue weighted by atomic mass is 9.78. The molecular formula is C27H31NO6. The van der Waals surface area contributed by atoms with E-state index in [2.05, 4.69) is 4.98 Å². The molecule has 0 atom stereocenters. The fourth-order valence-electron chi connectivity index (χ4n) is 3.82. The Morgan fingerprint density at radius 1 is 1.00 bits per heavy atom. The fourth-order valence-corrected chi connectivity index (χ4v) is 3.82. The Morgan fingerprint density at radius 3 is 2.35 bits per heavy atom. The van der Waals surface area contributed by atoms with Gasteiger partial charge in [-0.15, -0.1) is 0 Å². The summed E-state index contributed by atoms with van der Waals surface area (Å²) in [6.07, 6.45) is 5.01. The van der Waals surface area contributed by atoms with Gasteiger partial charge in [0.05, 0.1) is 19.8 Å². The first-order valence-electron chi connectivity index (χ1n) is 11.4. The van der Waals surface area contributed by atoms with E-state index in [9.17, 15) is 14.7 Å². The van der Waals surface area contributed by atoms with E-state index < -0.39 is 17.4 Å². The van der Waals surface area contributed by atoms with Crippen molar-refractivity contribution in [3.63, 3.8) is 0 Å². The highest BCUT2D eigenvalue weighted by atomic mass is 16.6. The second-order valence-electron chi connectivity index (χ2n) is 7.85. The summed E-state index contributed by atoms with van der Waals surface area (Å²) in [6.45, 7) is 3.88. The lowest BCUT2D eigenvalue weighted by Gasteiger charge is -2.28. The van der Waals surface area contributed by atoms with E-state index in [1.807, 2.05) is 48.5 Å². The summed E-state index contributed by atoms with van der Waals surface area (Å²) in [5.74, 6) is -0.626. The lowest BCUT2D eigenvalue weighted by molar-refractivity contribution is -0.171. The molecule has 7 nitrogen and oxygen atoms in total. The number of aromatic nitrogens is 1. The molecule has 1 heterocycles. The van der Waals surface area contributed by atoms with Crippen molar-refractivity contribution in [3.8, 4) is 5.75 Å². The first-order chi connectivity index (χ1) is 16.5. The van der Waals surface area contributed by atoms with Crippen molar-refractivity contribution in [2.45, 2.75) is 33.3 Å². The van der Waals surface area contributed by atoms with Crippen LogP contribution in [0.1, 0.15) is 31.4 Å². The maximum atomic E-state index is 13.1. The maximum Gasteiger partial charge on any atom is 0.324 e. The molecular weight excluding hydrogens is 434 g/mol. The number of carbonyl (C=O) groups excluding carboxylic acids is 2. The van der Waals surface area contributed by atoms with Gasteiger partial charge >= 0.3 is 11.9 Å². The summed E-state index contributed by atoms with van der Waals surface area (Å²) in [7, 11) is 0. The standard InChI is InChI=1S/C27H31NO6/c1-3-32-25(30)27(14-8-9-15-29,26(31)33-4-2)17-21-18-28-24-13-12-22(16-23(21)24)34-19-20-10-6-5-7-11-20/h5-13,16,18,28-29H,3-4,14-15,17,19H2,1-2H3/b9-8-. The van der Waals surface area contributed by atoms with E-state index >= 15 is 0 Å². The molecule has 7 heteroatoms. The van der Waals surface area contributed by atoms with Gasteiger partial charge in [0.15, 0.2) is 5.41 Å². The van der Waals surface area contributed by atoms with Crippen LogP contribution in [0.25, 0.3) is 10.9 Å². The molecule has 0 radical (unpaired) electrons. The quantitative estimate of drug-likeness (QED) is 0.235. The van der Waals surface area contributed by atoms with Crippen LogP contribution in [-0.2, 0) is 32.1 Å². The van der Waals surface area contributed by atoms with Crippen LogP contribution in [0.3, 0.4) is 0 Å². The third-order valence-electron chi connectivity index (χ3n) is 5.55. The second kappa shape index (κ2) is 12.0. The number of esters is 2. The molecule has 0 amide bonds. The van der Waals surface area contributed by atoms with Gasteiger partial charge in [-0.25, -0.2) is 0 Å². The Morgan fingerprint density at radius 2 is 1.71 bits per heavy atom. The summed E-state index contributed by atoms with van der Waals surface area (Å²) < 4.78 is 16.6.